The average molecular weight is 248 g/mol. The maximum atomic E-state index is 12.0. The fraction of sp³-hybridized carbons (Fsp3) is 0.273. The largest absolute Gasteiger partial charge is 0.326 e. The maximum Gasteiger partial charge on any atom is 0.273 e. The molecule has 0 unspecified atom stereocenters. The number of nitrogens with one attached hydrogen (secondary N) is 1. The second-order valence-corrected chi connectivity index (χ2v) is 3.89. The predicted octanol–water partition coefficient (Wildman–Crippen LogP) is -1.36. The van der Waals surface area contributed by atoms with Crippen LogP contribution in [0.4, 0.5) is 0 Å². The van der Waals surface area contributed by atoms with Gasteiger partial charge in [0.05, 0.1) is 0 Å². The van der Waals surface area contributed by atoms with Gasteiger partial charge in [-0.15, -0.1) is 0 Å². The molecule has 0 saturated carbocycles. The highest BCUT2D eigenvalue weighted by atomic mass is 16.2. The lowest BCUT2D eigenvalue weighted by Crippen LogP contribution is -2.53. The van der Waals surface area contributed by atoms with E-state index >= 15 is 0 Å². The van der Waals surface area contributed by atoms with Gasteiger partial charge in [0.1, 0.15) is 18.8 Å². The lowest BCUT2D eigenvalue weighted by Gasteiger charge is -2.25. The first-order valence-electron chi connectivity index (χ1n) is 5.37. The van der Waals surface area contributed by atoms with E-state index in [2.05, 4.69) is 10.3 Å². The second-order valence-electron chi connectivity index (χ2n) is 3.89. The number of hydrogen-bond acceptors (Lipinski definition) is 5. The topological polar surface area (TPSA) is 105 Å². The van der Waals surface area contributed by atoms with Crippen molar-refractivity contribution < 1.29 is 14.4 Å². The van der Waals surface area contributed by atoms with E-state index in [1.807, 2.05) is 0 Å². The van der Waals surface area contributed by atoms with Gasteiger partial charge < -0.3 is 10.6 Å². The van der Waals surface area contributed by atoms with Crippen LogP contribution in [0.2, 0.25) is 0 Å². The van der Waals surface area contributed by atoms with Gasteiger partial charge in [0.25, 0.3) is 5.91 Å². The molecule has 18 heavy (non-hydrogen) atoms. The van der Waals surface area contributed by atoms with Crippen molar-refractivity contribution in [1.29, 1.82) is 0 Å². The molecule has 2 rings (SSSR count). The number of imide groups is 1. The van der Waals surface area contributed by atoms with Crippen molar-refractivity contribution in [2.24, 2.45) is 5.73 Å². The normalized spacial score (nSPS) is 15.5. The third-order valence-corrected chi connectivity index (χ3v) is 2.51. The molecule has 0 radical (unpaired) electrons. The Morgan fingerprint density at radius 1 is 1.33 bits per heavy atom. The molecule has 0 bridgehead atoms. The molecule has 1 saturated heterocycles. The highest BCUT2D eigenvalue weighted by molar-refractivity contribution is 6.05. The molecule has 1 aromatic heterocycles. The van der Waals surface area contributed by atoms with Gasteiger partial charge in [0.15, 0.2) is 0 Å². The van der Waals surface area contributed by atoms with Gasteiger partial charge in [-0.2, -0.15) is 0 Å². The molecule has 94 valence electrons. The van der Waals surface area contributed by atoms with E-state index in [9.17, 15) is 14.4 Å². The predicted molar refractivity (Wildman–Crippen MR) is 61.2 cm³/mol. The van der Waals surface area contributed by atoms with E-state index < -0.39 is 17.7 Å². The summed E-state index contributed by atoms with van der Waals surface area (Å²) < 4.78 is 0. The lowest BCUT2D eigenvalue weighted by molar-refractivity contribution is -0.135. The molecule has 1 aliphatic rings. The minimum atomic E-state index is -0.488. The zero-order chi connectivity index (χ0) is 13.1. The number of aromatic nitrogens is 1. The summed E-state index contributed by atoms with van der Waals surface area (Å²) in [6.07, 6.45) is 1.50. The number of nitrogens with two attached hydrogens (primary N) is 1. The first-order valence-corrected chi connectivity index (χ1v) is 5.37. The molecular weight excluding hydrogens is 236 g/mol. The van der Waals surface area contributed by atoms with E-state index in [0.29, 0.717) is 6.54 Å². The summed E-state index contributed by atoms with van der Waals surface area (Å²) in [6, 6.07) is 3.22. The molecule has 0 aliphatic carbocycles. The zero-order valence-electron chi connectivity index (χ0n) is 9.55. The summed E-state index contributed by atoms with van der Waals surface area (Å²) >= 11 is 0. The van der Waals surface area contributed by atoms with Crippen molar-refractivity contribution in [2.75, 3.05) is 13.1 Å². The Bertz CT molecular complexity index is 482. The molecule has 3 amide bonds. The van der Waals surface area contributed by atoms with Crippen LogP contribution in [0.5, 0.6) is 0 Å². The first kappa shape index (κ1) is 12.2. The Hall–Kier alpha value is -2.28. The lowest BCUT2D eigenvalue weighted by atomic mass is 10.2. The summed E-state index contributed by atoms with van der Waals surface area (Å²) in [7, 11) is 0. The minimum absolute atomic E-state index is 0.134. The molecule has 1 aliphatic heterocycles. The Balaban J connectivity index is 2.14. The molecule has 7 heteroatoms. The minimum Gasteiger partial charge on any atom is -0.326 e. The van der Waals surface area contributed by atoms with Crippen molar-refractivity contribution in [1.82, 2.24) is 15.2 Å². The number of amides is 3. The summed E-state index contributed by atoms with van der Waals surface area (Å²) in [5.74, 6) is -1.42. The van der Waals surface area contributed by atoms with Crippen LogP contribution < -0.4 is 11.1 Å². The van der Waals surface area contributed by atoms with Gasteiger partial charge in [-0.25, -0.2) is 0 Å². The zero-order valence-corrected chi connectivity index (χ0v) is 9.55. The van der Waals surface area contributed by atoms with Crippen molar-refractivity contribution in [3.05, 3.63) is 29.6 Å². The van der Waals surface area contributed by atoms with Crippen molar-refractivity contribution in [3.8, 4) is 0 Å². The fourth-order valence-corrected chi connectivity index (χ4v) is 1.61. The molecule has 3 N–H and O–H groups in total. The number of pyridine rings is 1. The molecule has 0 aromatic carbocycles. The molecule has 2 heterocycles. The summed E-state index contributed by atoms with van der Waals surface area (Å²) in [6.45, 7) is 0.0713. The number of nitrogens with zero attached hydrogens (tertiary/aromatic N) is 2. The number of rotatable bonds is 2. The third kappa shape index (κ3) is 2.51. The highest BCUT2D eigenvalue weighted by Crippen LogP contribution is 2.05. The molecule has 7 nitrogen and oxygen atoms in total. The monoisotopic (exact) mass is 248 g/mol. The average Bonchev–Trinajstić information content (AvgIpc) is 2.37. The van der Waals surface area contributed by atoms with Gasteiger partial charge in [0.2, 0.25) is 11.8 Å². The van der Waals surface area contributed by atoms with E-state index in [1.165, 1.54) is 12.3 Å². The van der Waals surface area contributed by atoms with Gasteiger partial charge in [-0.05, 0) is 11.6 Å². The number of carbonyl (C=O) groups excluding carboxylic acids is 3. The van der Waals surface area contributed by atoms with Crippen LogP contribution in [0.15, 0.2) is 18.3 Å². The Morgan fingerprint density at radius 3 is 2.50 bits per heavy atom. The number of piperazine rings is 1. The van der Waals surface area contributed by atoms with Crippen LogP contribution >= 0.6 is 0 Å². The van der Waals surface area contributed by atoms with Crippen LogP contribution in [0, 0.1) is 0 Å². The van der Waals surface area contributed by atoms with E-state index in [-0.39, 0.29) is 18.8 Å². The molecule has 1 aromatic rings. The van der Waals surface area contributed by atoms with E-state index in [0.717, 1.165) is 10.5 Å². The molecule has 0 spiro atoms. The van der Waals surface area contributed by atoms with Crippen LogP contribution in [0.3, 0.4) is 0 Å². The molecular formula is C11H12N4O3. The van der Waals surface area contributed by atoms with Crippen LogP contribution in [0.25, 0.3) is 0 Å². The van der Waals surface area contributed by atoms with Crippen LogP contribution in [-0.4, -0.2) is 40.7 Å². The molecule has 1 fully saturated rings. The Labute approximate surface area is 103 Å². The molecule has 0 atom stereocenters. The second kappa shape index (κ2) is 4.92. The van der Waals surface area contributed by atoms with Gasteiger partial charge in [0, 0.05) is 12.7 Å². The highest BCUT2D eigenvalue weighted by Gasteiger charge is 2.27. The fourth-order valence-electron chi connectivity index (χ4n) is 1.61. The van der Waals surface area contributed by atoms with Gasteiger partial charge in [-0.3, -0.25) is 24.7 Å². The summed E-state index contributed by atoms with van der Waals surface area (Å²) in [5.41, 5.74) is 6.42. The summed E-state index contributed by atoms with van der Waals surface area (Å²) in [4.78, 5) is 39.4. The van der Waals surface area contributed by atoms with Crippen molar-refractivity contribution >= 4 is 17.7 Å². The quantitative estimate of drug-likeness (QED) is 0.629. The Morgan fingerprint density at radius 2 is 2.00 bits per heavy atom. The van der Waals surface area contributed by atoms with Crippen LogP contribution in [-0.2, 0) is 16.1 Å². The smallest absolute Gasteiger partial charge is 0.273 e. The SMILES string of the molecule is NCc1ccc(C(=O)N2CC(=O)NC(=O)C2)nc1. The summed E-state index contributed by atoms with van der Waals surface area (Å²) in [5, 5.41) is 2.13. The van der Waals surface area contributed by atoms with Gasteiger partial charge in [-0.1, -0.05) is 6.07 Å². The maximum absolute atomic E-state index is 12.0. The van der Waals surface area contributed by atoms with E-state index in [1.54, 1.807) is 6.07 Å². The number of carbonyl (C=O) groups is 3. The van der Waals surface area contributed by atoms with E-state index in [4.69, 9.17) is 5.73 Å². The number of hydrogen-bond donors (Lipinski definition) is 2. The van der Waals surface area contributed by atoms with Crippen molar-refractivity contribution in [2.45, 2.75) is 6.54 Å². The third-order valence-electron chi connectivity index (χ3n) is 2.51. The van der Waals surface area contributed by atoms with Crippen molar-refractivity contribution in [3.63, 3.8) is 0 Å². The Kier molecular flexibility index (Phi) is 3.33. The first-order chi connectivity index (χ1) is 8.60. The van der Waals surface area contributed by atoms with Gasteiger partial charge >= 0.3 is 0 Å². The standard InChI is InChI=1S/C11H12N4O3/c12-3-7-1-2-8(13-4-7)11(18)15-5-9(16)14-10(17)6-15/h1-2,4H,3,5-6,12H2,(H,14,16,17). The van der Waals surface area contributed by atoms with Crippen LogP contribution in [0.1, 0.15) is 16.1 Å².